The summed E-state index contributed by atoms with van der Waals surface area (Å²) in [6, 6.07) is 24.0. The molecule has 3 heteroatoms. The summed E-state index contributed by atoms with van der Waals surface area (Å²) in [6.45, 7) is 3.73. The molecule has 0 saturated carbocycles. The molecule has 0 aliphatic rings. The number of hydrogen-bond donors (Lipinski definition) is 1. The Morgan fingerprint density at radius 2 is 1.54 bits per heavy atom. The van der Waals surface area contributed by atoms with Gasteiger partial charge in [0.25, 0.3) is 0 Å². The van der Waals surface area contributed by atoms with Gasteiger partial charge in [0.2, 0.25) is 5.91 Å². The van der Waals surface area contributed by atoms with Crippen LogP contribution in [0, 0.1) is 5.82 Å². The monoisotopic (exact) mass is 347 g/mol. The Balaban J connectivity index is 2.07. The molecule has 2 unspecified atom stereocenters. The predicted molar refractivity (Wildman–Crippen MR) is 103 cm³/mol. The predicted octanol–water partition coefficient (Wildman–Crippen LogP) is 5.04. The molecule has 0 bridgehead atoms. The second kappa shape index (κ2) is 7.12. The molecule has 2 nitrogen and oxygen atoms in total. The minimum Gasteiger partial charge on any atom is -0.369 e. The summed E-state index contributed by atoms with van der Waals surface area (Å²) >= 11 is 0. The molecule has 0 aliphatic carbocycles. The molecule has 3 aromatic rings. The van der Waals surface area contributed by atoms with Crippen LogP contribution in [0.15, 0.2) is 78.9 Å². The van der Waals surface area contributed by atoms with Gasteiger partial charge in [0.15, 0.2) is 0 Å². The lowest BCUT2D eigenvalue weighted by atomic mass is 9.69. The number of carbonyl (C=O) groups excluding carboxylic acids is 1. The molecule has 2 atom stereocenters. The maximum Gasteiger partial charge on any atom is 0.228 e. The number of halogens is 1. The van der Waals surface area contributed by atoms with E-state index in [0.717, 1.165) is 11.1 Å². The van der Waals surface area contributed by atoms with Crippen molar-refractivity contribution in [1.29, 1.82) is 0 Å². The first kappa shape index (κ1) is 17.9. The van der Waals surface area contributed by atoms with Gasteiger partial charge < -0.3 is 5.73 Å². The largest absolute Gasteiger partial charge is 0.369 e. The Kier molecular flexibility index (Phi) is 4.90. The number of hydrogen-bond acceptors (Lipinski definition) is 1. The third-order valence-electron chi connectivity index (χ3n) is 5.33. The van der Waals surface area contributed by atoms with Crippen LogP contribution in [-0.4, -0.2) is 5.91 Å². The first-order valence-electron chi connectivity index (χ1n) is 8.65. The van der Waals surface area contributed by atoms with Gasteiger partial charge in [-0.3, -0.25) is 4.79 Å². The highest BCUT2D eigenvalue weighted by molar-refractivity contribution is 5.88. The van der Waals surface area contributed by atoms with E-state index in [2.05, 4.69) is 0 Å². The molecule has 0 aliphatic heterocycles. The second-order valence-corrected chi connectivity index (χ2v) is 6.76. The van der Waals surface area contributed by atoms with E-state index in [9.17, 15) is 9.18 Å². The minimum absolute atomic E-state index is 0.192. The molecule has 3 aromatic carbocycles. The van der Waals surface area contributed by atoms with E-state index in [1.807, 2.05) is 67.6 Å². The second-order valence-electron chi connectivity index (χ2n) is 6.76. The summed E-state index contributed by atoms with van der Waals surface area (Å²) in [7, 11) is 0. The molecule has 26 heavy (non-hydrogen) atoms. The van der Waals surface area contributed by atoms with Crippen molar-refractivity contribution in [3.8, 4) is 11.1 Å². The smallest absolute Gasteiger partial charge is 0.228 e. The minimum atomic E-state index is -1.02. The van der Waals surface area contributed by atoms with Crippen LogP contribution >= 0.6 is 0 Å². The van der Waals surface area contributed by atoms with Crippen LogP contribution < -0.4 is 5.73 Å². The first-order valence-corrected chi connectivity index (χ1v) is 8.65. The van der Waals surface area contributed by atoms with Gasteiger partial charge in [-0.05, 0) is 35.6 Å². The maximum atomic E-state index is 14.8. The molecule has 0 fully saturated rings. The third kappa shape index (κ3) is 3.13. The Hall–Kier alpha value is -2.94. The standard InChI is InChI=1S/C23H22FNO/c1-16(17-9-5-3-6-10-17)23(2,22(25)26)19-13-14-20(21(24)15-19)18-11-7-4-8-12-18/h3-16H,1-2H3,(H2,25,26). The quantitative estimate of drug-likeness (QED) is 0.690. The normalized spacial score (nSPS) is 14.4. The number of rotatable bonds is 5. The molecule has 2 N–H and O–H groups in total. The van der Waals surface area contributed by atoms with Crippen molar-refractivity contribution >= 4 is 5.91 Å². The lowest BCUT2D eigenvalue weighted by molar-refractivity contribution is -0.123. The van der Waals surface area contributed by atoms with Crippen LogP contribution in [0.5, 0.6) is 0 Å². The molecule has 0 spiro atoms. The molecule has 0 radical (unpaired) electrons. The van der Waals surface area contributed by atoms with Crippen molar-refractivity contribution in [2.45, 2.75) is 25.2 Å². The van der Waals surface area contributed by atoms with Gasteiger partial charge in [-0.1, -0.05) is 79.7 Å². The Morgan fingerprint density at radius 3 is 2.08 bits per heavy atom. The molecule has 3 rings (SSSR count). The lowest BCUT2D eigenvalue weighted by Gasteiger charge is -2.34. The van der Waals surface area contributed by atoms with Gasteiger partial charge >= 0.3 is 0 Å². The lowest BCUT2D eigenvalue weighted by Crippen LogP contribution is -2.42. The van der Waals surface area contributed by atoms with Crippen molar-refractivity contribution in [2.75, 3.05) is 0 Å². The van der Waals surface area contributed by atoms with Crippen LogP contribution in [0.2, 0.25) is 0 Å². The summed E-state index contributed by atoms with van der Waals surface area (Å²) in [5.41, 5.74) is 7.64. The van der Waals surface area contributed by atoms with E-state index in [0.29, 0.717) is 11.1 Å². The Morgan fingerprint density at radius 1 is 0.962 bits per heavy atom. The summed E-state index contributed by atoms with van der Waals surface area (Å²) < 4.78 is 14.8. The van der Waals surface area contributed by atoms with Crippen LogP contribution in [0.1, 0.15) is 30.9 Å². The number of nitrogens with two attached hydrogens (primary N) is 1. The van der Waals surface area contributed by atoms with Gasteiger partial charge in [0.1, 0.15) is 5.82 Å². The highest BCUT2D eigenvalue weighted by Gasteiger charge is 2.40. The molecule has 0 heterocycles. The van der Waals surface area contributed by atoms with Crippen molar-refractivity contribution in [3.05, 3.63) is 95.8 Å². The van der Waals surface area contributed by atoms with Crippen molar-refractivity contribution < 1.29 is 9.18 Å². The molecule has 132 valence electrons. The maximum absolute atomic E-state index is 14.8. The number of amides is 1. The van der Waals surface area contributed by atoms with Gasteiger partial charge in [-0.15, -0.1) is 0 Å². The molecule has 0 aromatic heterocycles. The van der Waals surface area contributed by atoms with Gasteiger partial charge in [0.05, 0.1) is 5.41 Å². The first-order chi connectivity index (χ1) is 12.4. The number of primary amides is 1. The Bertz CT molecular complexity index is 908. The molecule has 0 saturated heterocycles. The Labute approximate surface area is 153 Å². The highest BCUT2D eigenvalue weighted by Crippen LogP contribution is 2.40. The van der Waals surface area contributed by atoms with Gasteiger partial charge in [-0.2, -0.15) is 0 Å². The average Bonchev–Trinajstić information content (AvgIpc) is 2.67. The van der Waals surface area contributed by atoms with E-state index in [1.165, 1.54) is 6.07 Å². The van der Waals surface area contributed by atoms with Crippen molar-refractivity contribution in [2.24, 2.45) is 5.73 Å². The number of benzene rings is 3. The van der Waals surface area contributed by atoms with Crippen LogP contribution in [0.3, 0.4) is 0 Å². The van der Waals surface area contributed by atoms with E-state index in [1.54, 1.807) is 19.1 Å². The van der Waals surface area contributed by atoms with E-state index >= 15 is 0 Å². The van der Waals surface area contributed by atoms with E-state index in [4.69, 9.17) is 5.73 Å². The fourth-order valence-electron chi connectivity index (χ4n) is 3.37. The summed E-state index contributed by atoms with van der Waals surface area (Å²) in [4.78, 5) is 12.4. The highest BCUT2D eigenvalue weighted by atomic mass is 19.1. The van der Waals surface area contributed by atoms with E-state index < -0.39 is 11.3 Å². The zero-order valence-corrected chi connectivity index (χ0v) is 14.9. The summed E-state index contributed by atoms with van der Waals surface area (Å²) in [5, 5.41) is 0. The summed E-state index contributed by atoms with van der Waals surface area (Å²) in [5.74, 6) is -1.02. The molecular weight excluding hydrogens is 325 g/mol. The summed E-state index contributed by atoms with van der Waals surface area (Å²) in [6.07, 6.45) is 0. The zero-order chi connectivity index (χ0) is 18.7. The van der Waals surface area contributed by atoms with Gasteiger partial charge in [-0.25, -0.2) is 4.39 Å². The third-order valence-corrected chi connectivity index (χ3v) is 5.33. The molecule has 1 amide bonds. The van der Waals surface area contributed by atoms with Crippen LogP contribution in [0.4, 0.5) is 4.39 Å². The van der Waals surface area contributed by atoms with E-state index in [-0.39, 0.29) is 11.7 Å². The average molecular weight is 347 g/mol. The topological polar surface area (TPSA) is 43.1 Å². The fourth-order valence-corrected chi connectivity index (χ4v) is 3.37. The van der Waals surface area contributed by atoms with Crippen molar-refractivity contribution in [3.63, 3.8) is 0 Å². The SMILES string of the molecule is CC(c1ccccc1)C(C)(C(N)=O)c1ccc(-c2ccccc2)c(F)c1. The fraction of sp³-hybridized carbons (Fsp3) is 0.174. The van der Waals surface area contributed by atoms with Crippen LogP contribution in [-0.2, 0) is 10.2 Å². The zero-order valence-electron chi connectivity index (χ0n) is 14.9. The van der Waals surface area contributed by atoms with Crippen LogP contribution in [0.25, 0.3) is 11.1 Å². The van der Waals surface area contributed by atoms with Crippen molar-refractivity contribution in [1.82, 2.24) is 0 Å². The molecular formula is C23H22FNO. The van der Waals surface area contributed by atoms with Gasteiger partial charge in [0, 0.05) is 5.56 Å². The number of carbonyl (C=O) groups is 1.